The van der Waals surface area contributed by atoms with Crippen LogP contribution in [0.25, 0.3) is 0 Å². The van der Waals surface area contributed by atoms with Gasteiger partial charge in [-0.25, -0.2) is 0 Å². The van der Waals surface area contributed by atoms with Crippen LogP contribution < -0.4 is 4.74 Å². The van der Waals surface area contributed by atoms with Crippen LogP contribution in [0.1, 0.15) is 50.5 Å². The Morgan fingerprint density at radius 3 is 2.80 bits per heavy atom. The van der Waals surface area contributed by atoms with Crippen molar-refractivity contribution >= 4 is 0 Å². The molecular formula is C17H21NO2. The molecule has 1 aliphatic carbocycles. The monoisotopic (exact) mass is 271 g/mol. The smallest absolute Gasteiger partial charge is 0.137 e. The molecule has 1 saturated heterocycles. The number of rotatable bonds is 2. The van der Waals surface area contributed by atoms with E-state index < -0.39 is 0 Å². The number of para-hydroxylation sites is 1. The van der Waals surface area contributed by atoms with Crippen molar-refractivity contribution < 1.29 is 9.47 Å². The zero-order chi connectivity index (χ0) is 13.8. The Balaban J connectivity index is 1.70. The van der Waals surface area contributed by atoms with Gasteiger partial charge in [0.25, 0.3) is 0 Å². The molecule has 3 rings (SSSR count). The lowest BCUT2D eigenvalue weighted by Gasteiger charge is -2.43. The van der Waals surface area contributed by atoms with Crippen LogP contribution in [0.15, 0.2) is 24.3 Å². The minimum atomic E-state index is 0.0444. The summed E-state index contributed by atoms with van der Waals surface area (Å²) in [5.41, 5.74) is 0.666. The van der Waals surface area contributed by atoms with Crippen LogP contribution in [0.3, 0.4) is 0 Å². The first-order valence-electron chi connectivity index (χ1n) is 7.61. The van der Waals surface area contributed by atoms with Gasteiger partial charge in [-0.2, -0.15) is 5.26 Å². The predicted molar refractivity (Wildman–Crippen MR) is 76.6 cm³/mol. The fourth-order valence-corrected chi connectivity index (χ4v) is 3.47. The summed E-state index contributed by atoms with van der Waals surface area (Å²) in [4.78, 5) is 0. The minimum absolute atomic E-state index is 0.0444. The van der Waals surface area contributed by atoms with Gasteiger partial charge in [-0.1, -0.05) is 31.4 Å². The van der Waals surface area contributed by atoms with E-state index in [1.54, 1.807) is 0 Å². The van der Waals surface area contributed by atoms with E-state index >= 15 is 0 Å². The molecule has 2 aliphatic rings. The van der Waals surface area contributed by atoms with Crippen molar-refractivity contribution in [2.45, 2.75) is 56.7 Å². The first-order valence-corrected chi connectivity index (χ1v) is 7.61. The molecule has 1 aliphatic heterocycles. The van der Waals surface area contributed by atoms with Crippen molar-refractivity contribution in [2.24, 2.45) is 0 Å². The van der Waals surface area contributed by atoms with E-state index in [1.165, 1.54) is 19.3 Å². The molecule has 1 aromatic rings. The van der Waals surface area contributed by atoms with Gasteiger partial charge in [-0.3, -0.25) is 0 Å². The molecule has 106 valence electrons. The number of nitrogens with zero attached hydrogens (tertiary/aromatic N) is 1. The average molecular weight is 271 g/mol. The van der Waals surface area contributed by atoms with Crippen LogP contribution in [0.5, 0.6) is 5.75 Å². The molecule has 0 radical (unpaired) electrons. The number of hydrogen-bond acceptors (Lipinski definition) is 3. The number of nitriles is 1. The van der Waals surface area contributed by atoms with Gasteiger partial charge >= 0.3 is 0 Å². The van der Waals surface area contributed by atoms with Crippen LogP contribution in [-0.4, -0.2) is 18.3 Å². The van der Waals surface area contributed by atoms with Crippen LogP contribution in [0, 0.1) is 11.3 Å². The molecule has 1 atom stereocenters. The Morgan fingerprint density at radius 2 is 2.00 bits per heavy atom. The number of hydrogen-bond donors (Lipinski definition) is 0. The highest BCUT2D eigenvalue weighted by Gasteiger charge is 2.39. The summed E-state index contributed by atoms with van der Waals surface area (Å²) in [5, 5.41) is 9.14. The van der Waals surface area contributed by atoms with Crippen molar-refractivity contribution in [3.05, 3.63) is 29.8 Å². The van der Waals surface area contributed by atoms with Gasteiger partial charge in [0.05, 0.1) is 17.8 Å². The van der Waals surface area contributed by atoms with Crippen LogP contribution in [0.4, 0.5) is 0 Å². The third-order valence-electron chi connectivity index (χ3n) is 4.51. The molecule has 2 fully saturated rings. The normalized spacial score (nSPS) is 25.1. The minimum Gasteiger partial charge on any atom is -0.489 e. The highest BCUT2D eigenvalue weighted by Crippen LogP contribution is 2.39. The summed E-state index contributed by atoms with van der Waals surface area (Å²) in [6, 6.07) is 9.70. The molecule has 20 heavy (non-hydrogen) atoms. The SMILES string of the molecule is N#Cc1ccccc1OC1CCOC2(CCCCC2)C1. The maximum Gasteiger partial charge on any atom is 0.137 e. The molecule has 0 N–H and O–H groups in total. The molecular weight excluding hydrogens is 250 g/mol. The Morgan fingerprint density at radius 1 is 1.20 bits per heavy atom. The zero-order valence-corrected chi connectivity index (χ0v) is 11.8. The number of benzene rings is 1. The van der Waals surface area contributed by atoms with Crippen molar-refractivity contribution in [3.63, 3.8) is 0 Å². The standard InChI is InChI=1S/C17H21NO2/c18-13-14-6-2-3-7-16(14)20-15-8-11-19-17(12-15)9-4-1-5-10-17/h2-3,6-7,15H,1,4-5,8-12H2. The molecule has 3 heteroatoms. The second-order valence-corrected chi connectivity index (χ2v) is 5.93. The fraction of sp³-hybridized carbons (Fsp3) is 0.588. The predicted octanol–water partition coefficient (Wildman–Crippen LogP) is 3.82. The maximum atomic E-state index is 9.14. The largest absolute Gasteiger partial charge is 0.489 e. The molecule has 1 aromatic carbocycles. The summed E-state index contributed by atoms with van der Waals surface area (Å²) in [7, 11) is 0. The topological polar surface area (TPSA) is 42.2 Å². The molecule has 3 nitrogen and oxygen atoms in total. The lowest BCUT2D eigenvalue weighted by molar-refractivity contribution is -0.129. The van der Waals surface area contributed by atoms with E-state index in [4.69, 9.17) is 14.7 Å². The van der Waals surface area contributed by atoms with Crippen molar-refractivity contribution in [1.82, 2.24) is 0 Å². The average Bonchev–Trinajstić information content (AvgIpc) is 2.49. The van der Waals surface area contributed by atoms with Crippen molar-refractivity contribution in [3.8, 4) is 11.8 Å². The molecule has 0 bridgehead atoms. The lowest BCUT2D eigenvalue weighted by atomic mass is 9.79. The summed E-state index contributed by atoms with van der Waals surface area (Å²) in [6.45, 7) is 0.777. The first-order chi connectivity index (χ1) is 9.81. The summed E-state index contributed by atoms with van der Waals surface area (Å²) in [6.07, 6.45) is 8.24. The van der Waals surface area contributed by atoms with E-state index in [9.17, 15) is 0 Å². The zero-order valence-electron chi connectivity index (χ0n) is 11.8. The highest BCUT2D eigenvalue weighted by molar-refractivity contribution is 5.42. The molecule has 1 saturated carbocycles. The number of ether oxygens (including phenoxy) is 2. The Bertz CT molecular complexity index is 494. The van der Waals surface area contributed by atoms with Gasteiger partial charge in [0, 0.05) is 12.8 Å². The van der Waals surface area contributed by atoms with Crippen molar-refractivity contribution in [2.75, 3.05) is 6.61 Å². The van der Waals surface area contributed by atoms with Crippen LogP contribution in [-0.2, 0) is 4.74 Å². The van der Waals surface area contributed by atoms with E-state index in [0.717, 1.165) is 32.3 Å². The van der Waals surface area contributed by atoms with Crippen LogP contribution >= 0.6 is 0 Å². The van der Waals surface area contributed by atoms with Gasteiger partial charge in [0.2, 0.25) is 0 Å². The van der Waals surface area contributed by atoms with Gasteiger partial charge in [0.15, 0.2) is 0 Å². The second kappa shape index (κ2) is 5.85. The lowest BCUT2D eigenvalue weighted by Crippen LogP contribution is -2.45. The summed E-state index contributed by atoms with van der Waals surface area (Å²) >= 11 is 0. The van der Waals surface area contributed by atoms with Gasteiger partial charge < -0.3 is 9.47 Å². The molecule has 0 amide bonds. The van der Waals surface area contributed by atoms with E-state index in [1.807, 2.05) is 24.3 Å². The van der Waals surface area contributed by atoms with Crippen molar-refractivity contribution in [1.29, 1.82) is 5.26 Å². The first kappa shape index (κ1) is 13.5. The molecule has 1 heterocycles. The molecule has 1 unspecified atom stereocenters. The van der Waals surface area contributed by atoms with E-state index in [2.05, 4.69) is 6.07 Å². The van der Waals surface area contributed by atoms with Gasteiger partial charge in [0.1, 0.15) is 17.9 Å². The van der Waals surface area contributed by atoms with Gasteiger partial charge in [-0.15, -0.1) is 0 Å². The quantitative estimate of drug-likeness (QED) is 0.821. The highest BCUT2D eigenvalue weighted by atomic mass is 16.5. The maximum absolute atomic E-state index is 9.14. The van der Waals surface area contributed by atoms with Crippen LogP contribution in [0.2, 0.25) is 0 Å². The molecule has 1 spiro atoms. The Labute approximate surface area is 120 Å². The second-order valence-electron chi connectivity index (χ2n) is 5.93. The third-order valence-corrected chi connectivity index (χ3v) is 4.51. The summed E-state index contributed by atoms with van der Waals surface area (Å²) in [5.74, 6) is 0.716. The van der Waals surface area contributed by atoms with Gasteiger partial charge in [-0.05, 0) is 25.0 Å². The van der Waals surface area contributed by atoms with E-state index in [-0.39, 0.29) is 11.7 Å². The molecule has 0 aromatic heterocycles. The third kappa shape index (κ3) is 2.81. The summed E-state index contributed by atoms with van der Waals surface area (Å²) < 4.78 is 12.2. The Hall–Kier alpha value is -1.53. The fourth-order valence-electron chi connectivity index (χ4n) is 3.47. The van der Waals surface area contributed by atoms with E-state index in [0.29, 0.717) is 11.3 Å². The Kier molecular flexibility index (Phi) is 3.93.